The van der Waals surface area contributed by atoms with Gasteiger partial charge in [0.05, 0.1) is 0 Å². The first-order valence-electron chi connectivity index (χ1n) is 5.66. The summed E-state index contributed by atoms with van der Waals surface area (Å²) < 4.78 is 0. The Balaban J connectivity index is 4.14. The average Bonchev–Trinajstić information content (AvgIpc) is 2.16. The third-order valence-electron chi connectivity index (χ3n) is 2.49. The number of carbonyl (C=O) groups excluding carboxylic acids is 1. The summed E-state index contributed by atoms with van der Waals surface area (Å²) in [5, 5.41) is 11.3. The number of aliphatic carboxylic acids is 1. The summed E-state index contributed by atoms with van der Waals surface area (Å²) in [6, 6.07) is -1.02. The van der Waals surface area contributed by atoms with E-state index in [1.54, 1.807) is 0 Å². The number of carbonyl (C=O) groups is 2. The van der Waals surface area contributed by atoms with Crippen molar-refractivity contribution < 1.29 is 14.7 Å². The second kappa shape index (κ2) is 7.22. The van der Waals surface area contributed by atoms with Gasteiger partial charge in [0.25, 0.3) is 0 Å². The van der Waals surface area contributed by atoms with Crippen molar-refractivity contribution in [2.45, 2.75) is 52.1 Å². The summed E-state index contributed by atoms with van der Waals surface area (Å²) in [5.41, 5.74) is 5.73. The van der Waals surface area contributed by atoms with E-state index in [2.05, 4.69) is 5.32 Å². The van der Waals surface area contributed by atoms with Crippen LogP contribution in [0, 0.1) is 5.92 Å². The van der Waals surface area contributed by atoms with Crippen molar-refractivity contribution in [3.63, 3.8) is 0 Å². The highest BCUT2D eigenvalue weighted by Gasteiger charge is 2.20. The fraction of sp³-hybridized carbons (Fsp3) is 0.818. The summed E-state index contributed by atoms with van der Waals surface area (Å²) in [6.45, 7) is 5.74. The molecule has 0 radical (unpaired) electrons. The van der Waals surface area contributed by atoms with Gasteiger partial charge in [-0.25, -0.2) is 4.79 Å². The van der Waals surface area contributed by atoms with Crippen LogP contribution < -0.4 is 11.1 Å². The van der Waals surface area contributed by atoms with Crippen molar-refractivity contribution in [3.05, 3.63) is 0 Å². The molecule has 0 rings (SSSR count). The highest BCUT2D eigenvalue weighted by molar-refractivity contribution is 5.83. The Hall–Kier alpha value is -1.10. The maximum absolute atomic E-state index is 11.5. The molecule has 0 spiro atoms. The van der Waals surface area contributed by atoms with Gasteiger partial charge in [-0.1, -0.05) is 27.2 Å². The van der Waals surface area contributed by atoms with Gasteiger partial charge in [-0.05, 0) is 12.3 Å². The van der Waals surface area contributed by atoms with E-state index in [1.807, 2.05) is 20.8 Å². The summed E-state index contributed by atoms with van der Waals surface area (Å²) in [6.07, 6.45) is 1.33. The Bertz CT molecular complexity index is 241. The number of rotatable bonds is 7. The molecule has 0 saturated heterocycles. The molecular weight excluding hydrogens is 208 g/mol. The quantitative estimate of drug-likeness (QED) is 0.601. The lowest BCUT2D eigenvalue weighted by Crippen LogP contribution is -2.43. The molecule has 0 saturated carbocycles. The Kier molecular flexibility index (Phi) is 6.72. The lowest BCUT2D eigenvalue weighted by Gasteiger charge is -2.18. The molecule has 0 aromatic heterocycles. The molecule has 2 unspecified atom stereocenters. The fourth-order valence-electron chi connectivity index (χ4n) is 1.25. The molecule has 0 bridgehead atoms. The van der Waals surface area contributed by atoms with Crippen molar-refractivity contribution in [1.82, 2.24) is 5.32 Å². The zero-order valence-electron chi connectivity index (χ0n) is 10.2. The van der Waals surface area contributed by atoms with Gasteiger partial charge in [0.2, 0.25) is 5.91 Å². The van der Waals surface area contributed by atoms with Crippen LogP contribution in [-0.2, 0) is 9.59 Å². The molecule has 1 amide bonds. The number of nitrogens with two attached hydrogens (primary N) is 1. The predicted molar refractivity (Wildman–Crippen MR) is 61.9 cm³/mol. The van der Waals surface area contributed by atoms with Crippen LogP contribution >= 0.6 is 0 Å². The SMILES string of the molecule is CCCC(NC(=O)CC(N)C(C)C)C(=O)O. The number of nitrogens with one attached hydrogen (secondary N) is 1. The van der Waals surface area contributed by atoms with Crippen LogP contribution in [0.25, 0.3) is 0 Å². The van der Waals surface area contributed by atoms with E-state index in [9.17, 15) is 9.59 Å². The molecule has 4 N–H and O–H groups in total. The van der Waals surface area contributed by atoms with E-state index < -0.39 is 12.0 Å². The fourth-order valence-corrected chi connectivity index (χ4v) is 1.25. The molecule has 0 aliphatic carbocycles. The van der Waals surface area contributed by atoms with Crippen LogP contribution in [-0.4, -0.2) is 29.1 Å². The van der Waals surface area contributed by atoms with Crippen LogP contribution in [0.1, 0.15) is 40.0 Å². The van der Waals surface area contributed by atoms with Crippen LogP contribution in [0.2, 0.25) is 0 Å². The molecule has 94 valence electrons. The monoisotopic (exact) mass is 230 g/mol. The van der Waals surface area contributed by atoms with Gasteiger partial charge < -0.3 is 16.2 Å². The predicted octanol–water partition coefficient (Wildman–Crippen LogP) is 0.729. The van der Waals surface area contributed by atoms with Gasteiger partial charge in [-0.15, -0.1) is 0 Å². The van der Waals surface area contributed by atoms with Gasteiger partial charge in [-0.2, -0.15) is 0 Å². The Morgan fingerprint density at radius 1 is 1.38 bits per heavy atom. The van der Waals surface area contributed by atoms with E-state index in [-0.39, 0.29) is 24.3 Å². The Labute approximate surface area is 96.4 Å². The Morgan fingerprint density at radius 2 is 1.94 bits per heavy atom. The van der Waals surface area contributed by atoms with Gasteiger partial charge in [0.1, 0.15) is 6.04 Å². The average molecular weight is 230 g/mol. The van der Waals surface area contributed by atoms with Crippen LogP contribution in [0.5, 0.6) is 0 Å². The number of carboxylic acids is 1. The minimum Gasteiger partial charge on any atom is -0.480 e. The van der Waals surface area contributed by atoms with Crippen LogP contribution in [0.3, 0.4) is 0 Å². The lowest BCUT2D eigenvalue weighted by molar-refractivity contribution is -0.142. The summed E-state index contributed by atoms with van der Waals surface area (Å²) in [5.74, 6) is -1.07. The largest absolute Gasteiger partial charge is 0.480 e. The molecule has 0 aromatic rings. The Morgan fingerprint density at radius 3 is 2.31 bits per heavy atom. The number of carboxylic acid groups (broad SMARTS) is 1. The second-order valence-corrected chi connectivity index (χ2v) is 4.36. The molecule has 0 fully saturated rings. The van der Waals surface area contributed by atoms with E-state index in [1.165, 1.54) is 0 Å². The second-order valence-electron chi connectivity index (χ2n) is 4.36. The zero-order chi connectivity index (χ0) is 12.7. The van der Waals surface area contributed by atoms with Crippen molar-refractivity contribution >= 4 is 11.9 Å². The van der Waals surface area contributed by atoms with Gasteiger partial charge in [-0.3, -0.25) is 4.79 Å². The van der Waals surface area contributed by atoms with Crippen LogP contribution in [0.4, 0.5) is 0 Å². The normalized spacial score (nSPS) is 14.6. The first kappa shape index (κ1) is 14.9. The standard InChI is InChI=1S/C11H22N2O3/c1-4-5-9(11(15)16)13-10(14)6-8(12)7(2)3/h7-9H,4-6,12H2,1-3H3,(H,13,14)(H,15,16). The topological polar surface area (TPSA) is 92.4 Å². The zero-order valence-corrected chi connectivity index (χ0v) is 10.2. The van der Waals surface area contributed by atoms with Crippen molar-refractivity contribution in [1.29, 1.82) is 0 Å². The summed E-state index contributed by atoms with van der Waals surface area (Å²) in [4.78, 5) is 22.3. The molecule has 5 nitrogen and oxygen atoms in total. The first-order chi connectivity index (χ1) is 7.38. The molecule has 0 aliphatic heterocycles. The lowest BCUT2D eigenvalue weighted by atomic mass is 10.0. The van der Waals surface area contributed by atoms with Crippen molar-refractivity contribution in [2.24, 2.45) is 11.7 Å². The van der Waals surface area contributed by atoms with Crippen molar-refractivity contribution in [2.75, 3.05) is 0 Å². The van der Waals surface area contributed by atoms with Crippen molar-refractivity contribution in [3.8, 4) is 0 Å². The molecule has 16 heavy (non-hydrogen) atoms. The van der Waals surface area contributed by atoms with Gasteiger partial charge in [0, 0.05) is 12.5 Å². The molecule has 2 atom stereocenters. The highest BCUT2D eigenvalue weighted by atomic mass is 16.4. The number of amides is 1. The smallest absolute Gasteiger partial charge is 0.326 e. The number of hydrogen-bond acceptors (Lipinski definition) is 3. The maximum Gasteiger partial charge on any atom is 0.326 e. The van der Waals surface area contributed by atoms with Gasteiger partial charge >= 0.3 is 5.97 Å². The van der Waals surface area contributed by atoms with E-state index in [0.29, 0.717) is 12.8 Å². The molecule has 0 aromatic carbocycles. The highest BCUT2D eigenvalue weighted by Crippen LogP contribution is 2.04. The first-order valence-corrected chi connectivity index (χ1v) is 5.66. The maximum atomic E-state index is 11.5. The summed E-state index contributed by atoms with van der Waals surface area (Å²) in [7, 11) is 0. The van der Waals surface area contributed by atoms with Crippen LogP contribution in [0.15, 0.2) is 0 Å². The minimum absolute atomic E-state index is 0.172. The van der Waals surface area contributed by atoms with E-state index in [4.69, 9.17) is 10.8 Å². The van der Waals surface area contributed by atoms with E-state index in [0.717, 1.165) is 0 Å². The van der Waals surface area contributed by atoms with Gasteiger partial charge in [0.15, 0.2) is 0 Å². The van der Waals surface area contributed by atoms with E-state index >= 15 is 0 Å². The molecule has 5 heteroatoms. The third kappa shape index (κ3) is 5.70. The minimum atomic E-state index is -0.992. The molecule has 0 heterocycles. The molecule has 0 aliphatic rings. The number of hydrogen-bond donors (Lipinski definition) is 3. The molecular formula is C11H22N2O3. The third-order valence-corrected chi connectivity index (χ3v) is 2.49. The summed E-state index contributed by atoms with van der Waals surface area (Å²) >= 11 is 0.